The predicted molar refractivity (Wildman–Crippen MR) is 61.3 cm³/mol. The van der Waals surface area contributed by atoms with Gasteiger partial charge in [0.15, 0.2) is 0 Å². The molecule has 1 rings (SSSR count). The molecule has 0 heterocycles. The van der Waals surface area contributed by atoms with Gasteiger partial charge >= 0.3 is 0 Å². The highest BCUT2D eigenvalue weighted by Crippen LogP contribution is 2.10. The van der Waals surface area contributed by atoms with Gasteiger partial charge in [-0.15, -0.1) is 0 Å². The standard InChI is InChI=1S/C12H13ClO/c1-10(14)4-2-3-5-11-6-8-12(13)9-7-11/h2-10,14H,1H3/b4-2+,5-3+/t10-/m0/s1. The summed E-state index contributed by atoms with van der Waals surface area (Å²) in [5.74, 6) is 0. The highest BCUT2D eigenvalue weighted by molar-refractivity contribution is 6.30. The van der Waals surface area contributed by atoms with E-state index in [1.54, 1.807) is 13.0 Å². The first kappa shape index (κ1) is 11.0. The Balaban J connectivity index is 2.56. The van der Waals surface area contributed by atoms with Gasteiger partial charge in [0.25, 0.3) is 0 Å². The van der Waals surface area contributed by atoms with Crippen molar-refractivity contribution < 1.29 is 5.11 Å². The average Bonchev–Trinajstić information content (AvgIpc) is 2.15. The van der Waals surface area contributed by atoms with Crippen molar-refractivity contribution in [2.24, 2.45) is 0 Å². The maximum absolute atomic E-state index is 8.95. The van der Waals surface area contributed by atoms with Gasteiger partial charge in [-0.05, 0) is 24.6 Å². The molecule has 1 N–H and O–H groups in total. The number of aliphatic hydroxyl groups excluding tert-OH is 1. The van der Waals surface area contributed by atoms with Crippen LogP contribution in [-0.2, 0) is 0 Å². The molecular weight excluding hydrogens is 196 g/mol. The number of allylic oxidation sites excluding steroid dienone is 2. The van der Waals surface area contributed by atoms with Crippen LogP contribution in [0.1, 0.15) is 12.5 Å². The Morgan fingerprint density at radius 2 is 1.86 bits per heavy atom. The van der Waals surface area contributed by atoms with Crippen LogP contribution < -0.4 is 0 Å². The highest BCUT2D eigenvalue weighted by Gasteiger charge is 1.86. The largest absolute Gasteiger partial charge is 0.389 e. The smallest absolute Gasteiger partial charge is 0.0695 e. The molecule has 0 radical (unpaired) electrons. The van der Waals surface area contributed by atoms with Crippen molar-refractivity contribution in [2.75, 3.05) is 0 Å². The van der Waals surface area contributed by atoms with Crippen LogP contribution in [0.5, 0.6) is 0 Å². The zero-order valence-electron chi connectivity index (χ0n) is 8.02. The first-order chi connectivity index (χ1) is 6.68. The quantitative estimate of drug-likeness (QED) is 0.756. The SMILES string of the molecule is C[C@H](O)/C=C/C=C/c1ccc(Cl)cc1. The summed E-state index contributed by atoms with van der Waals surface area (Å²) >= 11 is 5.74. The fourth-order valence-corrected chi connectivity index (χ4v) is 1.09. The molecule has 2 heteroatoms. The third-order valence-corrected chi connectivity index (χ3v) is 1.91. The molecule has 0 aromatic heterocycles. The molecule has 1 aromatic carbocycles. The van der Waals surface area contributed by atoms with Crippen molar-refractivity contribution in [1.82, 2.24) is 0 Å². The summed E-state index contributed by atoms with van der Waals surface area (Å²) in [7, 11) is 0. The minimum atomic E-state index is -0.398. The van der Waals surface area contributed by atoms with E-state index < -0.39 is 6.10 Å². The number of halogens is 1. The fourth-order valence-electron chi connectivity index (χ4n) is 0.966. The minimum Gasteiger partial charge on any atom is -0.389 e. The Morgan fingerprint density at radius 3 is 2.43 bits per heavy atom. The molecule has 0 bridgehead atoms. The van der Waals surface area contributed by atoms with Crippen LogP contribution in [0, 0.1) is 0 Å². The van der Waals surface area contributed by atoms with E-state index in [2.05, 4.69) is 0 Å². The Morgan fingerprint density at radius 1 is 1.21 bits per heavy atom. The maximum atomic E-state index is 8.95. The van der Waals surface area contributed by atoms with Crippen LogP contribution in [0.25, 0.3) is 6.08 Å². The first-order valence-corrected chi connectivity index (χ1v) is 4.85. The summed E-state index contributed by atoms with van der Waals surface area (Å²) in [5, 5.41) is 9.69. The summed E-state index contributed by atoms with van der Waals surface area (Å²) in [5.41, 5.74) is 1.09. The van der Waals surface area contributed by atoms with Crippen LogP contribution in [0.15, 0.2) is 42.5 Å². The van der Waals surface area contributed by atoms with Gasteiger partial charge in [-0.2, -0.15) is 0 Å². The van der Waals surface area contributed by atoms with Crippen molar-refractivity contribution in [2.45, 2.75) is 13.0 Å². The zero-order chi connectivity index (χ0) is 10.4. The molecule has 0 aliphatic carbocycles. The van der Waals surface area contributed by atoms with Crippen molar-refractivity contribution in [1.29, 1.82) is 0 Å². The van der Waals surface area contributed by atoms with Gasteiger partial charge in [0.2, 0.25) is 0 Å². The van der Waals surface area contributed by atoms with Crippen molar-refractivity contribution in [3.05, 3.63) is 53.1 Å². The number of aliphatic hydroxyl groups is 1. The molecule has 0 saturated carbocycles. The average molecular weight is 209 g/mol. The van der Waals surface area contributed by atoms with Crippen molar-refractivity contribution >= 4 is 17.7 Å². The van der Waals surface area contributed by atoms with Gasteiger partial charge < -0.3 is 5.11 Å². The number of hydrogen-bond acceptors (Lipinski definition) is 1. The zero-order valence-corrected chi connectivity index (χ0v) is 8.78. The first-order valence-electron chi connectivity index (χ1n) is 4.47. The van der Waals surface area contributed by atoms with Gasteiger partial charge in [0.05, 0.1) is 6.10 Å². The normalized spacial score (nSPS) is 13.9. The van der Waals surface area contributed by atoms with Crippen molar-refractivity contribution in [3.63, 3.8) is 0 Å². The van der Waals surface area contributed by atoms with Crippen molar-refractivity contribution in [3.8, 4) is 0 Å². The molecular formula is C12H13ClO. The maximum Gasteiger partial charge on any atom is 0.0695 e. The van der Waals surface area contributed by atoms with E-state index >= 15 is 0 Å². The van der Waals surface area contributed by atoms with Crippen LogP contribution >= 0.6 is 11.6 Å². The second-order valence-electron chi connectivity index (χ2n) is 3.04. The van der Waals surface area contributed by atoms with Gasteiger partial charge in [-0.1, -0.05) is 48.0 Å². The van der Waals surface area contributed by atoms with Crippen LogP contribution in [0.4, 0.5) is 0 Å². The molecule has 0 fully saturated rings. The number of benzene rings is 1. The van der Waals surface area contributed by atoms with Crippen LogP contribution in [0.2, 0.25) is 5.02 Å². The van der Waals surface area contributed by atoms with Crippen LogP contribution in [0.3, 0.4) is 0 Å². The van der Waals surface area contributed by atoms with Gasteiger partial charge in [0.1, 0.15) is 0 Å². The number of hydrogen-bond donors (Lipinski definition) is 1. The predicted octanol–water partition coefficient (Wildman–Crippen LogP) is 3.29. The van der Waals surface area contributed by atoms with Gasteiger partial charge in [-0.3, -0.25) is 0 Å². The third kappa shape index (κ3) is 4.26. The molecule has 0 aliphatic rings. The molecule has 14 heavy (non-hydrogen) atoms. The molecule has 1 aromatic rings. The molecule has 0 unspecified atom stereocenters. The molecule has 0 amide bonds. The van der Waals surface area contributed by atoms with E-state index in [0.29, 0.717) is 0 Å². The summed E-state index contributed by atoms with van der Waals surface area (Å²) < 4.78 is 0. The Labute approximate surface area is 89.3 Å². The van der Waals surface area contributed by atoms with Gasteiger partial charge in [-0.25, -0.2) is 0 Å². The lowest BCUT2D eigenvalue weighted by Crippen LogP contribution is -1.90. The summed E-state index contributed by atoms with van der Waals surface area (Å²) in [6.45, 7) is 1.71. The molecule has 1 nitrogen and oxygen atoms in total. The third-order valence-electron chi connectivity index (χ3n) is 1.66. The second-order valence-corrected chi connectivity index (χ2v) is 3.47. The lowest BCUT2D eigenvalue weighted by atomic mass is 10.2. The fraction of sp³-hybridized carbons (Fsp3) is 0.167. The second kappa shape index (κ2) is 5.63. The molecule has 74 valence electrons. The Bertz CT molecular complexity index is 323. The lowest BCUT2D eigenvalue weighted by molar-refractivity contribution is 0.244. The topological polar surface area (TPSA) is 20.2 Å². The van der Waals surface area contributed by atoms with Crippen LogP contribution in [-0.4, -0.2) is 11.2 Å². The number of rotatable bonds is 3. The molecule has 1 atom stereocenters. The lowest BCUT2D eigenvalue weighted by Gasteiger charge is -1.92. The molecule has 0 saturated heterocycles. The Kier molecular flexibility index (Phi) is 4.44. The monoisotopic (exact) mass is 208 g/mol. The van der Waals surface area contributed by atoms with E-state index in [9.17, 15) is 0 Å². The van der Waals surface area contributed by atoms with E-state index in [1.807, 2.05) is 42.5 Å². The molecule has 0 aliphatic heterocycles. The summed E-state index contributed by atoms with van der Waals surface area (Å²) in [6.07, 6.45) is 6.97. The summed E-state index contributed by atoms with van der Waals surface area (Å²) in [6, 6.07) is 7.57. The highest BCUT2D eigenvalue weighted by atomic mass is 35.5. The van der Waals surface area contributed by atoms with E-state index in [1.165, 1.54) is 0 Å². The van der Waals surface area contributed by atoms with E-state index in [4.69, 9.17) is 16.7 Å². The minimum absolute atomic E-state index is 0.398. The van der Waals surface area contributed by atoms with Gasteiger partial charge in [0, 0.05) is 5.02 Å². The summed E-state index contributed by atoms with van der Waals surface area (Å²) in [4.78, 5) is 0. The van der Waals surface area contributed by atoms with E-state index in [0.717, 1.165) is 10.6 Å². The Hall–Kier alpha value is -1.05. The molecule has 0 spiro atoms. The van der Waals surface area contributed by atoms with E-state index in [-0.39, 0.29) is 0 Å².